The first kappa shape index (κ1) is 18.0. The SMILES string of the molecule is CC1OC1N1c2ccccc2N(C(=O)Cc2csc3ccc(Cl)cc23)C[C@@H]1C. The maximum Gasteiger partial charge on any atom is 0.231 e. The number of carbonyl (C=O) groups excluding carboxylic acids is 1. The molecule has 3 aromatic rings. The fourth-order valence-corrected chi connectivity index (χ4v) is 5.25. The van der Waals surface area contributed by atoms with Crippen molar-refractivity contribution in [2.45, 2.75) is 38.6 Å². The summed E-state index contributed by atoms with van der Waals surface area (Å²) in [4.78, 5) is 17.5. The maximum atomic E-state index is 13.3. The number of thiophene rings is 1. The van der Waals surface area contributed by atoms with Crippen molar-refractivity contribution in [2.75, 3.05) is 16.3 Å². The minimum Gasteiger partial charge on any atom is -0.348 e. The predicted molar refractivity (Wildman–Crippen MR) is 116 cm³/mol. The standard InChI is InChI=1S/C22H21ClN2O2S/c1-13-11-24(18-5-3-4-6-19(18)25(13)22-14(2)27-22)21(26)9-15-12-28-20-8-7-16(23)10-17(15)20/h3-8,10,12-14,22H,9,11H2,1-2H3/t13-,14?,22?/m0/s1. The Kier molecular flexibility index (Phi) is 4.34. The third-order valence-electron chi connectivity index (χ3n) is 5.58. The number of para-hydroxylation sites is 2. The lowest BCUT2D eigenvalue weighted by Crippen LogP contribution is -2.51. The van der Waals surface area contributed by atoms with Crippen molar-refractivity contribution in [3.05, 3.63) is 58.4 Å². The normalized spacial score (nSPS) is 23.8. The van der Waals surface area contributed by atoms with Crippen LogP contribution in [-0.4, -0.2) is 30.8 Å². The lowest BCUT2D eigenvalue weighted by molar-refractivity contribution is -0.118. The van der Waals surface area contributed by atoms with E-state index in [0.717, 1.165) is 27.0 Å². The van der Waals surface area contributed by atoms with Crippen LogP contribution >= 0.6 is 22.9 Å². The number of hydrogen-bond acceptors (Lipinski definition) is 4. The van der Waals surface area contributed by atoms with Crippen molar-refractivity contribution >= 4 is 50.3 Å². The monoisotopic (exact) mass is 412 g/mol. The van der Waals surface area contributed by atoms with Crippen LogP contribution in [0.25, 0.3) is 10.1 Å². The zero-order valence-corrected chi connectivity index (χ0v) is 17.3. The van der Waals surface area contributed by atoms with Crippen LogP contribution in [-0.2, 0) is 16.0 Å². The summed E-state index contributed by atoms with van der Waals surface area (Å²) in [5.74, 6) is 0.114. The van der Waals surface area contributed by atoms with E-state index in [1.54, 1.807) is 11.3 Å². The van der Waals surface area contributed by atoms with Gasteiger partial charge in [0.1, 0.15) is 6.10 Å². The van der Waals surface area contributed by atoms with E-state index in [2.05, 4.69) is 30.2 Å². The molecule has 2 aliphatic rings. The molecule has 144 valence electrons. The molecule has 0 radical (unpaired) electrons. The summed E-state index contributed by atoms with van der Waals surface area (Å²) in [5.41, 5.74) is 3.08. The van der Waals surface area contributed by atoms with Crippen LogP contribution in [0.15, 0.2) is 47.8 Å². The number of epoxide rings is 1. The topological polar surface area (TPSA) is 36.1 Å². The number of rotatable bonds is 3. The van der Waals surface area contributed by atoms with Crippen molar-refractivity contribution in [1.29, 1.82) is 0 Å². The second kappa shape index (κ2) is 6.76. The Morgan fingerprint density at radius 1 is 1.21 bits per heavy atom. The van der Waals surface area contributed by atoms with Crippen molar-refractivity contribution in [1.82, 2.24) is 0 Å². The molecule has 0 spiro atoms. The van der Waals surface area contributed by atoms with E-state index in [0.29, 0.717) is 18.0 Å². The fraction of sp³-hybridized carbons (Fsp3) is 0.318. The molecule has 2 aromatic carbocycles. The summed E-state index contributed by atoms with van der Waals surface area (Å²) < 4.78 is 6.89. The molecular weight excluding hydrogens is 392 g/mol. The van der Waals surface area contributed by atoms with E-state index in [-0.39, 0.29) is 24.3 Å². The summed E-state index contributed by atoms with van der Waals surface area (Å²) in [6.45, 7) is 4.90. The van der Waals surface area contributed by atoms with Gasteiger partial charge in [0, 0.05) is 22.3 Å². The van der Waals surface area contributed by atoms with Crippen LogP contribution in [0, 0.1) is 0 Å². The summed E-state index contributed by atoms with van der Waals surface area (Å²) in [6, 6.07) is 14.2. The second-order valence-corrected chi connectivity index (χ2v) is 8.91. The quantitative estimate of drug-likeness (QED) is 0.562. The molecule has 2 unspecified atom stereocenters. The number of nitrogens with zero attached hydrogens (tertiary/aromatic N) is 2. The van der Waals surface area contributed by atoms with E-state index < -0.39 is 0 Å². The highest BCUT2D eigenvalue weighted by Gasteiger charge is 2.45. The first-order valence-electron chi connectivity index (χ1n) is 9.52. The van der Waals surface area contributed by atoms with Gasteiger partial charge in [-0.1, -0.05) is 23.7 Å². The largest absolute Gasteiger partial charge is 0.348 e. The van der Waals surface area contributed by atoms with Crippen molar-refractivity contribution in [3.8, 4) is 0 Å². The summed E-state index contributed by atoms with van der Waals surface area (Å²) in [5, 5.41) is 3.85. The highest BCUT2D eigenvalue weighted by Crippen LogP contribution is 2.41. The number of carbonyl (C=O) groups is 1. The maximum absolute atomic E-state index is 13.3. The van der Waals surface area contributed by atoms with Gasteiger partial charge in [-0.15, -0.1) is 11.3 Å². The molecule has 0 bridgehead atoms. The number of ether oxygens (including phenoxy) is 1. The van der Waals surface area contributed by atoms with Gasteiger partial charge < -0.3 is 14.5 Å². The van der Waals surface area contributed by atoms with Gasteiger partial charge in [0.2, 0.25) is 5.91 Å². The number of anilines is 2. The zero-order chi connectivity index (χ0) is 19.4. The second-order valence-electron chi connectivity index (χ2n) is 7.56. The van der Waals surface area contributed by atoms with Gasteiger partial charge in [0.25, 0.3) is 0 Å². The first-order valence-corrected chi connectivity index (χ1v) is 10.8. The zero-order valence-electron chi connectivity index (χ0n) is 15.8. The Balaban J connectivity index is 1.46. The highest BCUT2D eigenvalue weighted by atomic mass is 35.5. The first-order chi connectivity index (χ1) is 13.5. The third-order valence-corrected chi connectivity index (χ3v) is 6.83. The minimum absolute atomic E-state index is 0.108. The van der Waals surface area contributed by atoms with Crippen molar-refractivity contribution < 1.29 is 9.53 Å². The molecule has 1 amide bonds. The highest BCUT2D eigenvalue weighted by molar-refractivity contribution is 7.17. The minimum atomic E-state index is 0.108. The molecule has 0 N–H and O–H groups in total. The van der Waals surface area contributed by atoms with Gasteiger partial charge in [-0.05, 0) is 60.5 Å². The lowest BCUT2D eigenvalue weighted by Gasteiger charge is -2.41. The van der Waals surface area contributed by atoms with E-state index in [1.807, 2.05) is 41.3 Å². The Hall–Kier alpha value is -2.08. The summed E-state index contributed by atoms with van der Waals surface area (Å²) in [6.07, 6.45) is 0.716. The Bertz CT molecular complexity index is 1070. The number of benzene rings is 2. The van der Waals surface area contributed by atoms with E-state index in [4.69, 9.17) is 16.3 Å². The summed E-state index contributed by atoms with van der Waals surface area (Å²) in [7, 11) is 0. The predicted octanol–water partition coefficient (Wildman–Crippen LogP) is 5.08. The Morgan fingerprint density at radius 2 is 1.96 bits per heavy atom. The number of hydrogen-bond donors (Lipinski definition) is 0. The molecule has 3 atom stereocenters. The molecule has 0 saturated carbocycles. The van der Waals surface area contributed by atoms with Crippen molar-refractivity contribution in [3.63, 3.8) is 0 Å². The van der Waals surface area contributed by atoms with Gasteiger partial charge in [-0.2, -0.15) is 0 Å². The molecule has 2 aliphatic heterocycles. The average molecular weight is 413 g/mol. The van der Waals surface area contributed by atoms with E-state index in [1.165, 1.54) is 0 Å². The molecule has 3 heterocycles. The molecule has 4 nitrogen and oxygen atoms in total. The molecule has 5 rings (SSSR count). The average Bonchev–Trinajstić information content (AvgIpc) is 3.27. The molecule has 1 saturated heterocycles. The van der Waals surface area contributed by atoms with Gasteiger partial charge in [-0.3, -0.25) is 4.79 Å². The number of halogens is 1. The molecule has 1 aromatic heterocycles. The van der Waals surface area contributed by atoms with Crippen LogP contribution in [0.4, 0.5) is 11.4 Å². The Morgan fingerprint density at radius 3 is 2.71 bits per heavy atom. The molecular formula is C22H21ClN2O2S. The number of amides is 1. The molecule has 6 heteroatoms. The molecule has 1 fully saturated rings. The van der Waals surface area contributed by atoms with Crippen LogP contribution in [0.5, 0.6) is 0 Å². The van der Waals surface area contributed by atoms with E-state index in [9.17, 15) is 4.79 Å². The smallest absolute Gasteiger partial charge is 0.231 e. The molecule has 0 aliphatic carbocycles. The Labute approximate surface area is 173 Å². The summed E-state index contributed by atoms with van der Waals surface area (Å²) >= 11 is 7.83. The van der Waals surface area contributed by atoms with Crippen LogP contribution in [0.3, 0.4) is 0 Å². The van der Waals surface area contributed by atoms with Gasteiger partial charge in [0.05, 0.1) is 17.8 Å². The van der Waals surface area contributed by atoms with Crippen LogP contribution in [0.2, 0.25) is 5.02 Å². The lowest BCUT2D eigenvalue weighted by atomic mass is 10.0. The van der Waals surface area contributed by atoms with Crippen molar-refractivity contribution in [2.24, 2.45) is 0 Å². The van der Waals surface area contributed by atoms with E-state index >= 15 is 0 Å². The number of fused-ring (bicyclic) bond motifs is 2. The van der Waals surface area contributed by atoms with Crippen LogP contribution in [0.1, 0.15) is 19.4 Å². The van der Waals surface area contributed by atoms with Crippen LogP contribution < -0.4 is 9.80 Å². The molecule has 28 heavy (non-hydrogen) atoms. The fourth-order valence-electron chi connectivity index (χ4n) is 4.14. The van der Waals surface area contributed by atoms with Gasteiger partial charge >= 0.3 is 0 Å². The van der Waals surface area contributed by atoms with Gasteiger partial charge in [0.15, 0.2) is 6.23 Å². The third kappa shape index (κ3) is 2.98. The van der Waals surface area contributed by atoms with Gasteiger partial charge in [-0.25, -0.2) is 0 Å².